The fourth-order valence-corrected chi connectivity index (χ4v) is 2.36. The average Bonchev–Trinajstić information content (AvgIpc) is 2.49. The average molecular weight is 364 g/mol. The molecule has 0 atom stereocenters. The summed E-state index contributed by atoms with van der Waals surface area (Å²) in [5.74, 6) is -0.169. The number of carbonyl (C=O) groups is 1. The summed E-state index contributed by atoms with van der Waals surface area (Å²) in [6.45, 7) is 1.03. The first kappa shape index (κ1) is 16.5. The van der Waals surface area contributed by atoms with Crippen molar-refractivity contribution in [2.24, 2.45) is 0 Å². The summed E-state index contributed by atoms with van der Waals surface area (Å²) in [5, 5.41) is 18.7. The molecule has 0 spiro atoms. The molecule has 0 aliphatic carbocycles. The predicted octanol–water partition coefficient (Wildman–Crippen LogP) is 3.22. The van der Waals surface area contributed by atoms with Crippen molar-refractivity contribution < 1.29 is 15.0 Å². The van der Waals surface area contributed by atoms with E-state index in [-0.39, 0.29) is 17.3 Å². The Balaban J connectivity index is 1.87. The van der Waals surface area contributed by atoms with E-state index in [1.165, 1.54) is 6.07 Å². The van der Waals surface area contributed by atoms with Crippen LogP contribution in [0.4, 0.5) is 0 Å². The molecule has 0 aliphatic heterocycles. The minimum Gasteiger partial charge on any atom is -0.504 e. The summed E-state index contributed by atoms with van der Waals surface area (Å²) in [4.78, 5) is 14.1. The lowest BCUT2D eigenvalue weighted by Gasteiger charge is -2.16. The Labute approximate surface area is 138 Å². The van der Waals surface area contributed by atoms with Gasteiger partial charge in [-0.05, 0) is 43.3 Å². The number of likely N-dealkylation sites (N-methyl/N-ethyl adjacent to an activating group) is 1. The Morgan fingerprint density at radius 1 is 1.09 bits per heavy atom. The topological polar surface area (TPSA) is 60.8 Å². The van der Waals surface area contributed by atoms with E-state index in [1.54, 1.807) is 24.3 Å². The maximum atomic E-state index is 12.1. The molecule has 0 saturated heterocycles. The van der Waals surface area contributed by atoms with Crippen LogP contribution in [0.25, 0.3) is 0 Å². The summed E-state index contributed by atoms with van der Waals surface area (Å²) in [6, 6.07) is 12.1. The third kappa shape index (κ3) is 4.58. The van der Waals surface area contributed by atoms with Crippen LogP contribution in [0, 0.1) is 0 Å². The molecule has 0 aliphatic rings. The van der Waals surface area contributed by atoms with Gasteiger partial charge in [0.05, 0.1) is 6.54 Å². The van der Waals surface area contributed by atoms with Crippen molar-refractivity contribution in [1.82, 2.24) is 4.90 Å². The van der Waals surface area contributed by atoms with Crippen molar-refractivity contribution in [1.29, 1.82) is 0 Å². The molecule has 22 heavy (non-hydrogen) atoms. The number of nitrogens with zero attached hydrogens (tertiary/aromatic N) is 1. The number of ketones is 1. The zero-order valence-corrected chi connectivity index (χ0v) is 13.9. The van der Waals surface area contributed by atoms with Gasteiger partial charge in [-0.3, -0.25) is 9.69 Å². The normalized spacial score (nSPS) is 10.9. The summed E-state index contributed by atoms with van der Waals surface area (Å²) in [5.41, 5.74) is 1.61. The lowest BCUT2D eigenvalue weighted by molar-refractivity contribution is 0.0947. The standard InChI is InChI=1S/C17H18BrNO3/c1-19(9-8-12-2-7-15(20)16(21)10-12)11-17(22)13-3-5-14(18)6-4-13/h2-7,10,20-21H,8-9,11H2,1H3. The van der Waals surface area contributed by atoms with Crippen molar-refractivity contribution in [3.05, 3.63) is 58.1 Å². The second-order valence-electron chi connectivity index (χ2n) is 5.24. The van der Waals surface area contributed by atoms with Crippen LogP contribution in [0.3, 0.4) is 0 Å². The molecular weight excluding hydrogens is 346 g/mol. The van der Waals surface area contributed by atoms with Gasteiger partial charge in [0.15, 0.2) is 17.3 Å². The third-order valence-electron chi connectivity index (χ3n) is 3.40. The number of halogens is 1. The highest BCUT2D eigenvalue weighted by molar-refractivity contribution is 9.10. The number of carbonyl (C=O) groups excluding carboxylic acids is 1. The van der Waals surface area contributed by atoms with Gasteiger partial charge in [-0.1, -0.05) is 34.1 Å². The van der Waals surface area contributed by atoms with E-state index in [1.807, 2.05) is 24.1 Å². The Bertz CT molecular complexity index is 655. The first-order valence-corrected chi connectivity index (χ1v) is 7.73. The number of benzene rings is 2. The Morgan fingerprint density at radius 2 is 1.77 bits per heavy atom. The minimum absolute atomic E-state index is 0.0727. The Morgan fingerprint density at radius 3 is 2.41 bits per heavy atom. The summed E-state index contributed by atoms with van der Waals surface area (Å²) >= 11 is 3.35. The van der Waals surface area contributed by atoms with Gasteiger partial charge in [0.2, 0.25) is 0 Å². The van der Waals surface area contributed by atoms with Crippen molar-refractivity contribution in [3.8, 4) is 11.5 Å². The van der Waals surface area contributed by atoms with E-state index < -0.39 is 0 Å². The fourth-order valence-electron chi connectivity index (χ4n) is 2.10. The van der Waals surface area contributed by atoms with E-state index >= 15 is 0 Å². The molecule has 0 heterocycles. The molecule has 0 amide bonds. The number of phenols is 2. The molecule has 0 saturated carbocycles. The van der Waals surface area contributed by atoms with E-state index in [2.05, 4.69) is 15.9 Å². The molecule has 0 unspecified atom stereocenters. The van der Waals surface area contributed by atoms with Crippen molar-refractivity contribution in [2.75, 3.05) is 20.1 Å². The SMILES string of the molecule is CN(CCc1ccc(O)c(O)c1)CC(=O)c1ccc(Br)cc1. The number of hydrogen-bond donors (Lipinski definition) is 2. The zero-order chi connectivity index (χ0) is 16.1. The van der Waals surface area contributed by atoms with E-state index in [9.17, 15) is 15.0 Å². The highest BCUT2D eigenvalue weighted by Crippen LogP contribution is 2.25. The van der Waals surface area contributed by atoms with Crippen LogP contribution in [-0.4, -0.2) is 41.0 Å². The summed E-state index contributed by atoms with van der Waals surface area (Å²) in [7, 11) is 1.89. The maximum Gasteiger partial charge on any atom is 0.176 e. The smallest absolute Gasteiger partial charge is 0.176 e. The van der Waals surface area contributed by atoms with Gasteiger partial charge in [-0.25, -0.2) is 0 Å². The molecule has 0 fully saturated rings. The molecule has 2 aromatic carbocycles. The first-order valence-electron chi connectivity index (χ1n) is 6.94. The van der Waals surface area contributed by atoms with Gasteiger partial charge in [0.1, 0.15) is 0 Å². The van der Waals surface area contributed by atoms with Gasteiger partial charge in [0, 0.05) is 16.6 Å². The molecule has 5 heteroatoms. The van der Waals surface area contributed by atoms with E-state index in [0.717, 1.165) is 10.0 Å². The predicted molar refractivity (Wildman–Crippen MR) is 89.4 cm³/mol. The van der Waals surface area contributed by atoms with Crippen LogP contribution in [0.5, 0.6) is 11.5 Å². The van der Waals surface area contributed by atoms with Gasteiger partial charge in [-0.15, -0.1) is 0 Å². The van der Waals surface area contributed by atoms with Gasteiger partial charge >= 0.3 is 0 Å². The third-order valence-corrected chi connectivity index (χ3v) is 3.93. The van der Waals surface area contributed by atoms with Crippen LogP contribution in [0.2, 0.25) is 0 Å². The highest BCUT2D eigenvalue weighted by Gasteiger charge is 2.10. The number of Topliss-reactive ketones (excluding diaryl/α,β-unsaturated/α-hetero) is 1. The van der Waals surface area contributed by atoms with Crippen molar-refractivity contribution in [3.63, 3.8) is 0 Å². The maximum absolute atomic E-state index is 12.1. The monoisotopic (exact) mass is 363 g/mol. The van der Waals surface area contributed by atoms with Gasteiger partial charge in [-0.2, -0.15) is 0 Å². The zero-order valence-electron chi connectivity index (χ0n) is 12.3. The summed E-state index contributed by atoms with van der Waals surface area (Å²) < 4.78 is 0.949. The van der Waals surface area contributed by atoms with Crippen LogP contribution in [-0.2, 0) is 6.42 Å². The molecule has 0 bridgehead atoms. The number of hydrogen-bond acceptors (Lipinski definition) is 4. The quantitative estimate of drug-likeness (QED) is 0.610. The van der Waals surface area contributed by atoms with Crippen LogP contribution in [0.15, 0.2) is 46.9 Å². The Kier molecular flexibility index (Phi) is 5.57. The molecule has 2 rings (SSSR count). The molecule has 0 aromatic heterocycles. The Hall–Kier alpha value is -1.85. The minimum atomic E-state index is -0.123. The molecule has 0 radical (unpaired) electrons. The molecule has 2 N–H and O–H groups in total. The van der Waals surface area contributed by atoms with E-state index in [0.29, 0.717) is 25.1 Å². The second-order valence-corrected chi connectivity index (χ2v) is 6.16. The van der Waals surface area contributed by atoms with Gasteiger partial charge < -0.3 is 10.2 Å². The second kappa shape index (κ2) is 7.42. The number of rotatable bonds is 6. The van der Waals surface area contributed by atoms with E-state index in [4.69, 9.17) is 0 Å². The highest BCUT2D eigenvalue weighted by atomic mass is 79.9. The molecule has 116 valence electrons. The number of phenolic OH excluding ortho intramolecular Hbond substituents is 2. The lowest BCUT2D eigenvalue weighted by Crippen LogP contribution is -2.28. The van der Waals surface area contributed by atoms with Gasteiger partial charge in [0.25, 0.3) is 0 Å². The molecule has 4 nitrogen and oxygen atoms in total. The number of aromatic hydroxyl groups is 2. The summed E-state index contributed by atoms with van der Waals surface area (Å²) in [6.07, 6.45) is 0.692. The fraction of sp³-hybridized carbons (Fsp3) is 0.235. The molecular formula is C17H18BrNO3. The van der Waals surface area contributed by atoms with Crippen molar-refractivity contribution >= 4 is 21.7 Å². The van der Waals surface area contributed by atoms with Crippen LogP contribution >= 0.6 is 15.9 Å². The lowest BCUT2D eigenvalue weighted by atomic mass is 10.1. The first-order chi connectivity index (χ1) is 10.5. The van der Waals surface area contributed by atoms with Crippen LogP contribution < -0.4 is 0 Å². The molecule has 2 aromatic rings. The largest absolute Gasteiger partial charge is 0.504 e. The van der Waals surface area contributed by atoms with Crippen LogP contribution in [0.1, 0.15) is 15.9 Å². The van der Waals surface area contributed by atoms with Crippen molar-refractivity contribution in [2.45, 2.75) is 6.42 Å².